The number of hydrogen-bond donors (Lipinski definition) is 2. The Morgan fingerprint density at radius 1 is 1.40 bits per heavy atom. The summed E-state index contributed by atoms with van der Waals surface area (Å²) >= 11 is 0. The molecule has 2 aliphatic rings. The molecule has 1 aliphatic heterocycles. The molecule has 0 aromatic carbocycles. The molecule has 0 aromatic rings. The summed E-state index contributed by atoms with van der Waals surface area (Å²) in [6, 6.07) is 0.0702. The molecule has 2 fully saturated rings. The summed E-state index contributed by atoms with van der Waals surface area (Å²) < 4.78 is 5.31. The van der Waals surface area contributed by atoms with Crippen molar-refractivity contribution >= 4 is 5.97 Å². The van der Waals surface area contributed by atoms with Gasteiger partial charge in [-0.2, -0.15) is 0 Å². The van der Waals surface area contributed by atoms with E-state index in [9.17, 15) is 9.90 Å². The van der Waals surface area contributed by atoms with Gasteiger partial charge in [0.15, 0.2) is 0 Å². The summed E-state index contributed by atoms with van der Waals surface area (Å²) in [5, 5.41) is 9.42. The molecule has 1 aliphatic carbocycles. The quantitative estimate of drug-likeness (QED) is 0.717. The van der Waals surface area contributed by atoms with E-state index in [0.717, 1.165) is 12.8 Å². The lowest BCUT2D eigenvalue weighted by molar-refractivity contribution is -0.178. The van der Waals surface area contributed by atoms with Gasteiger partial charge in [-0.1, -0.05) is 6.92 Å². The van der Waals surface area contributed by atoms with E-state index in [4.69, 9.17) is 10.5 Å². The molecule has 0 radical (unpaired) electrons. The Bertz CT molecular complexity index is 265. The minimum Gasteiger partial charge on any atom is -0.481 e. The van der Waals surface area contributed by atoms with Crippen molar-refractivity contribution in [3.8, 4) is 0 Å². The first-order valence-electron chi connectivity index (χ1n) is 5.57. The molecule has 0 aromatic heterocycles. The number of nitrogens with two attached hydrogens (primary N) is 1. The third kappa shape index (κ3) is 1.47. The van der Waals surface area contributed by atoms with Crippen LogP contribution in [0.1, 0.15) is 32.6 Å². The first kappa shape index (κ1) is 10.9. The molecule has 0 spiro atoms. The minimum absolute atomic E-state index is 0.0702. The number of hydrogen-bond acceptors (Lipinski definition) is 3. The number of carboxylic acid groups (broad SMARTS) is 1. The van der Waals surface area contributed by atoms with E-state index in [-0.39, 0.29) is 11.5 Å². The van der Waals surface area contributed by atoms with Crippen LogP contribution in [0.5, 0.6) is 0 Å². The highest BCUT2D eigenvalue weighted by Gasteiger charge is 2.60. The Morgan fingerprint density at radius 2 is 1.93 bits per heavy atom. The van der Waals surface area contributed by atoms with Gasteiger partial charge in [-0.3, -0.25) is 4.79 Å². The van der Waals surface area contributed by atoms with Crippen LogP contribution in [0.3, 0.4) is 0 Å². The second-order valence-corrected chi connectivity index (χ2v) is 5.23. The summed E-state index contributed by atoms with van der Waals surface area (Å²) in [7, 11) is 0. The Kier molecular flexibility index (Phi) is 2.51. The Balaban J connectivity index is 2.21. The Morgan fingerprint density at radius 3 is 2.33 bits per heavy atom. The van der Waals surface area contributed by atoms with Gasteiger partial charge in [0, 0.05) is 19.3 Å². The van der Waals surface area contributed by atoms with Gasteiger partial charge in [-0.25, -0.2) is 0 Å². The second kappa shape index (κ2) is 3.46. The van der Waals surface area contributed by atoms with Crippen LogP contribution in [0.25, 0.3) is 0 Å². The lowest BCUT2D eigenvalue weighted by atomic mass is 9.49. The number of aliphatic carboxylic acids is 1. The second-order valence-electron chi connectivity index (χ2n) is 5.23. The van der Waals surface area contributed by atoms with Crippen molar-refractivity contribution in [1.29, 1.82) is 0 Å². The maximum absolute atomic E-state index is 11.5. The smallest absolute Gasteiger partial charge is 0.310 e. The molecule has 2 rings (SSSR count). The molecule has 1 heterocycles. The molecular formula is C11H19NO3. The van der Waals surface area contributed by atoms with E-state index in [2.05, 4.69) is 6.92 Å². The minimum atomic E-state index is -0.673. The van der Waals surface area contributed by atoms with Gasteiger partial charge in [-0.05, 0) is 31.1 Å². The van der Waals surface area contributed by atoms with E-state index in [1.54, 1.807) is 0 Å². The third-order valence-electron chi connectivity index (χ3n) is 4.38. The number of carboxylic acids is 1. The van der Waals surface area contributed by atoms with Crippen LogP contribution in [0.2, 0.25) is 0 Å². The third-order valence-corrected chi connectivity index (χ3v) is 4.38. The molecule has 0 bridgehead atoms. The SMILES string of the molecule is CC1(C2(C(=O)O)CC(N)C2)CCOCC1. The highest BCUT2D eigenvalue weighted by atomic mass is 16.5. The maximum atomic E-state index is 11.5. The van der Waals surface area contributed by atoms with Crippen molar-refractivity contribution in [3.05, 3.63) is 0 Å². The van der Waals surface area contributed by atoms with Crippen LogP contribution in [-0.4, -0.2) is 30.3 Å². The van der Waals surface area contributed by atoms with E-state index in [0.29, 0.717) is 26.1 Å². The van der Waals surface area contributed by atoms with Gasteiger partial charge < -0.3 is 15.6 Å². The molecule has 1 saturated carbocycles. The molecule has 0 unspecified atom stereocenters. The Hall–Kier alpha value is -0.610. The summed E-state index contributed by atoms with van der Waals surface area (Å²) in [5.41, 5.74) is 5.04. The van der Waals surface area contributed by atoms with Crippen LogP contribution in [-0.2, 0) is 9.53 Å². The van der Waals surface area contributed by atoms with Gasteiger partial charge >= 0.3 is 5.97 Å². The maximum Gasteiger partial charge on any atom is 0.310 e. The summed E-state index contributed by atoms with van der Waals surface area (Å²) in [6.07, 6.45) is 2.93. The lowest BCUT2D eigenvalue weighted by Crippen LogP contribution is -2.60. The van der Waals surface area contributed by atoms with E-state index >= 15 is 0 Å². The number of ether oxygens (including phenoxy) is 1. The van der Waals surface area contributed by atoms with Crippen molar-refractivity contribution in [2.75, 3.05) is 13.2 Å². The van der Waals surface area contributed by atoms with Crippen molar-refractivity contribution in [2.45, 2.75) is 38.6 Å². The van der Waals surface area contributed by atoms with Gasteiger partial charge in [0.1, 0.15) is 0 Å². The fourth-order valence-corrected chi connectivity index (χ4v) is 3.06. The van der Waals surface area contributed by atoms with Crippen molar-refractivity contribution in [3.63, 3.8) is 0 Å². The van der Waals surface area contributed by atoms with Crippen molar-refractivity contribution < 1.29 is 14.6 Å². The highest BCUT2D eigenvalue weighted by molar-refractivity contribution is 5.77. The summed E-state index contributed by atoms with van der Waals surface area (Å²) in [5.74, 6) is -0.673. The summed E-state index contributed by atoms with van der Waals surface area (Å²) in [6.45, 7) is 3.44. The first-order chi connectivity index (χ1) is 7.00. The van der Waals surface area contributed by atoms with E-state index in [1.807, 2.05) is 0 Å². The van der Waals surface area contributed by atoms with Crippen LogP contribution >= 0.6 is 0 Å². The fourth-order valence-electron chi connectivity index (χ4n) is 3.06. The summed E-state index contributed by atoms with van der Waals surface area (Å²) in [4.78, 5) is 11.5. The average Bonchev–Trinajstić information content (AvgIpc) is 2.13. The average molecular weight is 213 g/mol. The zero-order valence-electron chi connectivity index (χ0n) is 9.16. The van der Waals surface area contributed by atoms with E-state index in [1.165, 1.54) is 0 Å². The largest absolute Gasteiger partial charge is 0.481 e. The van der Waals surface area contributed by atoms with Gasteiger partial charge in [-0.15, -0.1) is 0 Å². The first-order valence-corrected chi connectivity index (χ1v) is 5.57. The number of rotatable bonds is 2. The predicted octanol–water partition coefficient (Wildman–Crippen LogP) is 0.995. The molecule has 1 saturated heterocycles. The molecule has 3 N–H and O–H groups in total. The molecular weight excluding hydrogens is 194 g/mol. The molecule has 0 amide bonds. The molecule has 86 valence electrons. The zero-order chi connectivity index (χ0) is 11.1. The van der Waals surface area contributed by atoms with Gasteiger partial charge in [0.2, 0.25) is 0 Å². The fraction of sp³-hybridized carbons (Fsp3) is 0.909. The highest BCUT2D eigenvalue weighted by Crippen LogP contribution is 2.57. The monoisotopic (exact) mass is 213 g/mol. The van der Waals surface area contributed by atoms with Crippen LogP contribution in [0, 0.1) is 10.8 Å². The predicted molar refractivity (Wildman–Crippen MR) is 55.4 cm³/mol. The Labute approximate surface area is 89.8 Å². The lowest BCUT2D eigenvalue weighted by Gasteiger charge is -2.55. The van der Waals surface area contributed by atoms with Crippen LogP contribution in [0.4, 0.5) is 0 Å². The van der Waals surface area contributed by atoms with Crippen LogP contribution in [0.15, 0.2) is 0 Å². The topological polar surface area (TPSA) is 72.5 Å². The normalized spacial score (nSPS) is 39.5. The van der Waals surface area contributed by atoms with Gasteiger partial charge in [0.25, 0.3) is 0 Å². The van der Waals surface area contributed by atoms with Crippen molar-refractivity contribution in [2.24, 2.45) is 16.6 Å². The van der Waals surface area contributed by atoms with Crippen LogP contribution < -0.4 is 5.73 Å². The molecule has 4 nitrogen and oxygen atoms in total. The van der Waals surface area contributed by atoms with Gasteiger partial charge in [0.05, 0.1) is 5.41 Å². The van der Waals surface area contributed by atoms with Crippen molar-refractivity contribution in [1.82, 2.24) is 0 Å². The molecule has 0 atom stereocenters. The standard InChI is InChI=1S/C11H19NO3/c1-10(2-4-15-5-3-10)11(9(13)14)6-8(12)7-11/h8H,2-7,12H2,1H3,(H,13,14). The number of carbonyl (C=O) groups is 1. The van der Waals surface area contributed by atoms with E-state index < -0.39 is 11.4 Å². The molecule has 4 heteroatoms. The molecule has 15 heavy (non-hydrogen) atoms. The zero-order valence-corrected chi connectivity index (χ0v) is 9.16.